The van der Waals surface area contributed by atoms with Crippen molar-refractivity contribution >= 4 is 5.91 Å². The monoisotopic (exact) mass is 282 g/mol. The van der Waals surface area contributed by atoms with Crippen LogP contribution in [0.3, 0.4) is 0 Å². The Morgan fingerprint density at radius 1 is 1.47 bits per heavy atom. The van der Waals surface area contributed by atoms with Crippen molar-refractivity contribution in [1.82, 2.24) is 10.2 Å². The number of aliphatic hydroxyl groups is 1. The van der Waals surface area contributed by atoms with E-state index in [0.29, 0.717) is 18.9 Å². The molecule has 1 heterocycles. The molecule has 2 N–H and O–H groups in total. The predicted octanol–water partition coefficient (Wildman–Crippen LogP) is 1.15. The first-order valence-corrected chi connectivity index (χ1v) is 6.56. The molecule has 1 aliphatic heterocycles. The number of alkyl halides is 3. The molecule has 0 aromatic heterocycles. The summed E-state index contributed by atoms with van der Waals surface area (Å²) in [6, 6.07) is 0.0760. The Kier molecular flexibility index (Phi) is 6.06. The summed E-state index contributed by atoms with van der Waals surface area (Å²) >= 11 is 0. The molecule has 2 unspecified atom stereocenters. The van der Waals surface area contributed by atoms with E-state index < -0.39 is 12.1 Å². The molecule has 7 heteroatoms. The zero-order valence-electron chi connectivity index (χ0n) is 11.0. The summed E-state index contributed by atoms with van der Waals surface area (Å²) in [5.74, 6) is -1.50. The van der Waals surface area contributed by atoms with Crippen LogP contribution in [-0.2, 0) is 4.79 Å². The lowest BCUT2D eigenvalue weighted by Gasteiger charge is -2.39. The highest BCUT2D eigenvalue weighted by Crippen LogP contribution is 2.22. The van der Waals surface area contributed by atoms with Crippen molar-refractivity contribution in [2.75, 3.05) is 26.2 Å². The SMILES string of the molecule is CC1CCCN(CCCNC(=O)C(F)(F)F)C1CO. The second-order valence-corrected chi connectivity index (χ2v) is 5.01. The van der Waals surface area contributed by atoms with Gasteiger partial charge in [-0.05, 0) is 31.7 Å². The number of carbonyl (C=O) groups is 1. The van der Waals surface area contributed by atoms with E-state index in [9.17, 15) is 23.1 Å². The third-order valence-electron chi connectivity index (χ3n) is 3.58. The van der Waals surface area contributed by atoms with Gasteiger partial charge in [0, 0.05) is 19.1 Å². The number of amides is 1. The van der Waals surface area contributed by atoms with Crippen LogP contribution < -0.4 is 5.32 Å². The summed E-state index contributed by atoms with van der Waals surface area (Å²) in [6.07, 6.45) is -2.27. The van der Waals surface area contributed by atoms with Crippen LogP contribution in [0.25, 0.3) is 0 Å². The normalized spacial score (nSPS) is 25.3. The summed E-state index contributed by atoms with van der Waals surface area (Å²) in [6.45, 7) is 3.58. The average molecular weight is 282 g/mol. The van der Waals surface area contributed by atoms with Gasteiger partial charge < -0.3 is 10.4 Å². The largest absolute Gasteiger partial charge is 0.471 e. The zero-order chi connectivity index (χ0) is 14.5. The topological polar surface area (TPSA) is 52.6 Å². The molecule has 0 bridgehead atoms. The van der Waals surface area contributed by atoms with Gasteiger partial charge in [0.05, 0.1) is 6.61 Å². The summed E-state index contributed by atoms with van der Waals surface area (Å²) in [5, 5.41) is 11.2. The van der Waals surface area contributed by atoms with E-state index in [1.807, 2.05) is 5.32 Å². The zero-order valence-corrected chi connectivity index (χ0v) is 11.0. The van der Waals surface area contributed by atoms with Gasteiger partial charge in [0.25, 0.3) is 0 Å². The van der Waals surface area contributed by atoms with Crippen LogP contribution in [0, 0.1) is 5.92 Å². The van der Waals surface area contributed by atoms with Crippen LogP contribution in [0.2, 0.25) is 0 Å². The van der Waals surface area contributed by atoms with Gasteiger partial charge in [0.2, 0.25) is 0 Å². The smallest absolute Gasteiger partial charge is 0.395 e. The standard InChI is InChI=1S/C12H21F3N2O2/c1-9-4-2-6-17(10(9)8-18)7-3-5-16-11(19)12(13,14)15/h9-10,18H,2-8H2,1H3,(H,16,19). The molecule has 0 saturated carbocycles. The van der Waals surface area contributed by atoms with E-state index in [2.05, 4.69) is 11.8 Å². The highest BCUT2D eigenvalue weighted by Gasteiger charge is 2.38. The Bertz CT molecular complexity index is 297. The molecule has 1 rings (SSSR count). The second kappa shape index (κ2) is 7.09. The predicted molar refractivity (Wildman–Crippen MR) is 64.5 cm³/mol. The molecule has 0 aromatic carbocycles. The fourth-order valence-corrected chi connectivity index (χ4v) is 2.49. The molecule has 1 saturated heterocycles. The molecule has 0 aromatic rings. The van der Waals surface area contributed by atoms with Crippen molar-refractivity contribution < 1.29 is 23.1 Å². The lowest BCUT2D eigenvalue weighted by molar-refractivity contribution is -0.173. The Hall–Kier alpha value is -0.820. The van der Waals surface area contributed by atoms with E-state index >= 15 is 0 Å². The van der Waals surface area contributed by atoms with Gasteiger partial charge in [-0.2, -0.15) is 13.2 Å². The number of rotatable bonds is 5. The average Bonchev–Trinajstić information content (AvgIpc) is 2.33. The fraction of sp³-hybridized carbons (Fsp3) is 0.917. The van der Waals surface area contributed by atoms with Crippen molar-refractivity contribution in [2.45, 2.75) is 38.4 Å². The van der Waals surface area contributed by atoms with Gasteiger partial charge in [-0.1, -0.05) is 6.92 Å². The summed E-state index contributed by atoms with van der Waals surface area (Å²) in [7, 11) is 0. The van der Waals surface area contributed by atoms with Crippen LogP contribution in [0.5, 0.6) is 0 Å². The van der Waals surface area contributed by atoms with Crippen LogP contribution in [0.15, 0.2) is 0 Å². The van der Waals surface area contributed by atoms with Crippen LogP contribution in [0.4, 0.5) is 13.2 Å². The molecule has 112 valence electrons. The quantitative estimate of drug-likeness (QED) is 0.744. The van der Waals surface area contributed by atoms with Crippen LogP contribution in [0.1, 0.15) is 26.2 Å². The number of halogens is 3. The molecule has 0 radical (unpaired) electrons. The number of hydrogen-bond donors (Lipinski definition) is 2. The number of nitrogens with zero attached hydrogens (tertiary/aromatic N) is 1. The summed E-state index contributed by atoms with van der Waals surface area (Å²) in [5.41, 5.74) is 0. The minimum absolute atomic E-state index is 0.00136. The van der Waals surface area contributed by atoms with E-state index in [1.165, 1.54) is 0 Å². The molecule has 0 spiro atoms. The lowest BCUT2D eigenvalue weighted by atomic mass is 9.91. The summed E-state index contributed by atoms with van der Waals surface area (Å²) < 4.78 is 35.8. The van der Waals surface area contributed by atoms with Crippen molar-refractivity contribution in [1.29, 1.82) is 0 Å². The van der Waals surface area contributed by atoms with E-state index in [1.54, 1.807) is 0 Å². The summed E-state index contributed by atoms with van der Waals surface area (Å²) in [4.78, 5) is 12.7. The number of carbonyl (C=O) groups excluding carboxylic acids is 1. The van der Waals surface area contributed by atoms with E-state index in [4.69, 9.17) is 0 Å². The minimum atomic E-state index is -4.81. The first-order valence-electron chi connectivity index (χ1n) is 6.56. The Balaban J connectivity index is 2.27. The molecule has 2 atom stereocenters. The van der Waals surface area contributed by atoms with Crippen molar-refractivity contribution in [3.63, 3.8) is 0 Å². The highest BCUT2D eigenvalue weighted by atomic mass is 19.4. The number of aliphatic hydroxyl groups excluding tert-OH is 1. The van der Waals surface area contributed by atoms with Crippen LogP contribution in [-0.4, -0.2) is 54.4 Å². The van der Waals surface area contributed by atoms with Crippen molar-refractivity contribution in [3.8, 4) is 0 Å². The number of nitrogens with one attached hydrogen (secondary N) is 1. The molecular weight excluding hydrogens is 261 g/mol. The van der Waals surface area contributed by atoms with E-state index in [0.717, 1.165) is 19.4 Å². The van der Waals surface area contributed by atoms with Crippen molar-refractivity contribution in [3.05, 3.63) is 0 Å². The third-order valence-corrected chi connectivity index (χ3v) is 3.58. The van der Waals surface area contributed by atoms with Crippen LogP contribution >= 0.6 is 0 Å². The van der Waals surface area contributed by atoms with Gasteiger partial charge >= 0.3 is 12.1 Å². The lowest BCUT2D eigenvalue weighted by Crippen LogP contribution is -2.47. The van der Waals surface area contributed by atoms with Gasteiger partial charge in [0.15, 0.2) is 0 Å². The van der Waals surface area contributed by atoms with E-state index in [-0.39, 0.29) is 19.2 Å². The van der Waals surface area contributed by atoms with Gasteiger partial charge in [-0.3, -0.25) is 9.69 Å². The third kappa shape index (κ3) is 4.99. The Labute approximate surface area is 111 Å². The Morgan fingerprint density at radius 3 is 2.74 bits per heavy atom. The second-order valence-electron chi connectivity index (χ2n) is 5.01. The first kappa shape index (κ1) is 16.2. The fourth-order valence-electron chi connectivity index (χ4n) is 2.49. The maximum Gasteiger partial charge on any atom is 0.471 e. The molecule has 19 heavy (non-hydrogen) atoms. The minimum Gasteiger partial charge on any atom is -0.395 e. The van der Waals surface area contributed by atoms with Gasteiger partial charge in [0.1, 0.15) is 0 Å². The number of piperidine rings is 1. The maximum atomic E-state index is 11.9. The number of likely N-dealkylation sites (tertiary alicyclic amines) is 1. The molecule has 1 fully saturated rings. The van der Waals surface area contributed by atoms with Gasteiger partial charge in [-0.25, -0.2) is 0 Å². The number of hydrogen-bond acceptors (Lipinski definition) is 3. The van der Waals surface area contributed by atoms with Crippen molar-refractivity contribution in [2.24, 2.45) is 5.92 Å². The van der Waals surface area contributed by atoms with Gasteiger partial charge in [-0.15, -0.1) is 0 Å². The highest BCUT2D eigenvalue weighted by molar-refractivity contribution is 5.81. The maximum absolute atomic E-state index is 11.9. The molecule has 0 aliphatic carbocycles. The molecular formula is C12H21F3N2O2. The molecule has 1 amide bonds. The molecule has 4 nitrogen and oxygen atoms in total. The Morgan fingerprint density at radius 2 is 2.16 bits per heavy atom. The molecule has 1 aliphatic rings. The first-order chi connectivity index (χ1) is 8.86.